The number of nitrogens with zero attached hydrogens (tertiary/aromatic N) is 1. The molecule has 5 atom stereocenters. The Morgan fingerprint density at radius 1 is 0.941 bits per heavy atom. The molecule has 6 amide bonds. The Morgan fingerprint density at radius 3 is 2.14 bits per heavy atom. The van der Waals surface area contributed by atoms with E-state index in [-0.39, 0.29) is 31.5 Å². The van der Waals surface area contributed by atoms with E-state index in [1.165, 1.54) is 11.0 Å². The number of rotatable bonds is 16. The Balaban J connectivity index is 2.39. The van der Waals surface area contributed by atoms with E-state index < -0.39 is 90.1 Å². The number of Topliss-reactive ketones (excluding diaryl/α,β-unsaturated/α-hetero) is 1. The summed E-state index contributed by atoms with van der Waals surface area (Å²) < 4.78 is 45.0. The lowest BCUT2D eigenvalue weighted by Gasteiger charge is -2.37. The van der Waals surface area contributed by atoms with Crippen LogP contribution in [0.4, 0.5) is 22.8 Å². The number of ether oxygens (including phenoxy) is 1. The molecule has 1 aliphatic carbocycles. The molecule has 2 aliphatic rings. The lowest BCUT2D eigenvalue weighted by atomic mass is 9.82. The Kier molecular flexibility index (Phi) is 16.7. The van der Waals surface area contributed by atoms with Crippen molar-refractivity contribution >= 4 is 35.6 Å². The molecule has 5 N–H and O–H groups in total. The summed E-state index contributed by atoms with van der Waals surface area (Å²) in [4.78, 5) is 80.7. The Labute approximate surface area is 299 Å². The van der Waals surface area contributed by atoms with E-state index in [0.717, 1.165) is 19.3 Å². The standard InChI is InChI=1S/C35H57F3N6O7/c1-8-18-40-30(47)28(45)24(15-17-35(36,37)38)41-29(46)27-23(21(3)4)16-19-44(27)31(48)26(22-13-11-10-12-14-22)43-32(49)42-25(34(5,6)7)20-51-33(50)39-9-2/h8,21-27H,1,9-20H2,2-7H3,(H,39,50)(H,40,47)(H,41,46)(H2,42,43,49)/t23-,24?,25?,26?,27?/m1/s1. The predicted octanol–water partition coefficient (Wildman–Crippen LogP) is 3.97. The lowest BCUT2D eigenvalue weighted by molar-refractivity contribution is -0.147. The zero-order valence-electron chi connectivity index (χ0n) is 30.8. The van der Waals surface area contributed by atoms with Gasteiger partial charge in [0.2, 0.25) is 17.6 Å². The number of alkyl halides is 3. The third-order valence-electron chi connectivity index (χ3n) is 9.56. The van der Waals surface area contributed by atoms with Crippen LogP contribution >= 0.6 is 0 Å². The molecule has 290 valence electrons. The highest BCUT2D eigenvalue weighted by Gasteiger charge is 2.47. The quantitative estimate of drug-likeness (QED) is 0.118. The summed E-state index contributed by atoms with van der Waals surface area (Å²) in [7, 11) is 0. The largest absolute Gasteiger partial charge is 0.447 e. The third-order valence-corrected chi connectivity index (χ3v) is 9.56. The molecule has 1 saturated carbocycles. The number of hydrogen-bond donors (Lipinski definition) is 5. The van der Waals surface area contributed by atoms with Gasteiger partial charge < -0.3 is 36.2 Å². The van der Waals surface area contributed by atoms with Crippen molar-refractivity contribution in [2.45, 2.75) is 123 Å². The number of ketones is 1. The molecule has 1 heterocycles. The second-order valence-corrected chi connectivity index (χ2v) is 14.8. The van der Waals surface area contributed by atoms with Crippen LogP contribution in [0, 0.1) is 23.2 Å². The van der Waals surface area contributed by atoms with E-state index in [4.69, 9.17) is 4.74 Å². The van der Waals surface area contributed by atoms with Gasteiger partial charge in [0.1, 0.15) is 18.7 Å². The van der Waals surface area contributed by atoms with Gasteiger partial charge in [0.15, 0.2) is 0 Å². The zero-order chi connectivity index (χ0) is 38.5. The molecule has 0 aromatic carbocycles. The van der Waals surface area contributed by atoms with Gasteiger partial charge >= 0.3 is 18.3 Å². The second-order valence-electron chi connectivity index (χ2n) is 14.8. The number of halogens is 3. The smallest absolute Gasteiger partial charge is 0.407 e. The van der Waals surface area contributed by atoms with Crippen LogP contribution in [0.5, 0.6) is 0 Å². The molecule has 0 aromatic rings. The minimum Gasteiger partial charge on any atom is -0.447 e. The fourth-order valence-electron chi connectivity index (χ4n) is 6.57. The summed E-state index contributed by atoms with van der Waals surface area (Å²) in [6, 6.07) is -5.29. The van der Waals surface area contributed by atoms with Crippen LogP contribution in [-0.4, -0.2) is 97.1 Å². The minimum atomic E-state index is -4.66. The van der Waals surface area contributed by atoms with Gasteiger partial charge in [0.25, 0.3) is 5.91 Å². The molecule has 0 radical (unpaired) electrons. The summed E-state index contributed by atoms with van der Waals surface area (Å²) >= 11 is 0. The van der Waals surface area contributed by atoms with E-state index in [0.29, 0.717) is 25.8 Å². The molecule has 1 aliphatic heterocycles. The van der Waals surface area contributed by atoms with Crippen molar-refractivity contribution in [3.63, 3.8) is 0 Å². The number of urea groups is 1. The number of nitrogens with one attached hydrogen (secondary N) is 5. The number of carbonyl (C=O) groups excluding carboxylic acids is 6. The van der Waals surface area contributed by atoms with Crippen molar-refractivity contribution in [2.24, 2.45) is 23.2 Å². The summed E-state index contributed by atoms with van der Waals surface area (Å²) in [6.45, 7) is 14.7. The Bertz CT molecular complexity index is 1230. The van der Waals surface area contributed by atoms with E-state index >= 15 is 0 Å². The van der Waals surface area contributed by atoms with Crippen LogP contribution in [0.15, 0.2) is 12.7 Å². The van der Waals surface area contributed by atoms with Gasteiger partial charge in [-0.1, -0.05) is 60.0 Å². The first kappa shape index (κ1) is 43.3. The van der Waals surface area contributed by atoms with Gasteiger partial charge in [0.05, 0.1) is 12.1 Å². The van der Waals surface area contributed by atoms with Crippen LogP contribution < -0.4 is 26.6 Å². The van der Waals surface area contributed by atoms with Crippen molar-refractivity contribution < 1.29 is 46.7 Å². The fraction of sp³-hybridized carbons (Fsp3) is 0.771. The summed E-state index contributed by atoms with van der Waals surface area (Å²) in [5, 5.41) is 12.8. The van der Waals surface area contributed by atoms with E-state index in [9.17, 15) is 41.9 Å². The normalized spacial score (nSPS) is 20.1. The average Bonchev–Trinajstić information content (AvgIpc) is 3.51. The highest BCUT2D eigenvalue weighted by Crippen LogP contribution is 2.34. The predicted molar refractivity (Wildman–Crippen MR) is 184 cm³/mol. The second kappa shape index (κ2) is 19.7. The van der Waals surface area contributed by atoms with E-state index in [1.807, 2.05) is 34.6 Å². The molecular weight excluding hydrogens is 673 g/mol. The monoisotopic (exact) mass is 730 g/mol. The molecule has 0 bridgehead atoms. The fourth-order valence-corrected chi connectivity index (χ4v) is 6.57. The van der Waals surface area contributed by atoms with Gasteiger partial charge in [0, 0.05) is 26.1 Å². The van der Waals surface area contributed by atoms with Gasteiger partial charge in [-0.25, -0.2) is 9.59 Å². The first-order chi connectivity index (χ1) is 23.8. The van der Waals surface area contributed by atoms with Gasteiger partial charge in [-0.15, -0.1) is 6.58 Å². The molecular formula is C35H57F3N6O7. The number of amides is 6. The average molecular weight is 731 g/mol. The van der Waals surface area contributed by atoms with Crippen LogP contribution in [0.1, 0.15) is 92.9 Å². The van der Waals surface area contributed by atoms with E-state index in [1.54, 1.807) is 6.92 Å². The molecule has 4 unspecified atom stereocenters. The van der Waals surface area contributed by atoms with Crippen molar-refractivity contribution in [1.29, 1.82) is 0 Å². The van der Waals surface area contributed by atoms with Crippen LogP contribution in [-0.2, 0) is 23.9 Å². The minimum absolute atomic E-state index is 0.105. The SMILES string of the molecule is C=CCNC(=O)C(=O)C(CCC(F)(F)F)NC(=O)C1[C@@H](C(C)C)CCN1C(=O)C(NC(=O)NC(COC(=O)NCC)C(C)(C)C)C1CCCCC1. The van der Waals surface area contributed by atoms with Crippen molar-refractivity contribution in [1.82, 2.24) is 31.5 Å². The maximum Gasteiger partial charge on any atom is 0.407 e. The molecule has 2 fully saturated rings. The number of hydrogen-bond acceptors (Lipinski definition) is 7. The zero-order valence-corrected chi connectivity index (χ0v) is 30.8. The topological polar surface area (TPSA) is 175 Å². The van der Waals surface area contributed by atoms with Crippen LogP contribution in [0.2, 0.25) is 0 Å². The number of carbonyl (C=O) groups is 6. The highest BCUT2D eigenvalue weighted by molar-refractivity contribution is 6.38. The van der Waals surface area contributed by atoms with Gasteiger partial charge in [-0.2, -0.15) is 13.2 Å². The Hall–Kier alpha value is -3.85. The molecule has 2 rings (SSSR count). The number of likely N-dealkylation sites (tertiary alicyclic amines) is 1. The Morgan fingerprint density at radius 2 is 1.59 bits per heavy atom. The van der Waals surface area contributed by atoms with Gasteiger partial charge in [-0.3, -0.25) is 19.2 Å². The molecule has 51 heavy (non-hydrogen) atoms. The summed E-state index contributed by atoms with van der Waals surface area (Å²) in [5.41, 5.74) is -0.542. The van der Waals surface area contributed by atoms with Crippen molar-refractivity contribution in [2.75, 3.05) is 26.2 Å². The number of alkyl carbamates (subject to hydrolysis) is 1. The molecule has 0 aromatic heterocycles. The first-order valence-electron chi connectivity index (χ1n) is 17.9. The molecule has 13 nitrogen and oxygen atoms in total. The maximum atomic E-state index is 14.5. The van der Waals surface area contributed by atoms with Crippen LogP contribution in [0.25, 0.3) is 0 Å². The maximum absolute atomic E-state index is 14.5. The highest BCUT2D eigenvalue weighted by atomic mass is 19.4. The third kappa shape index (κ3) is 13.7. The summed E-state index contributed by atoms with van der Waals surface area (Å²) in [6.07, 6.45) is -1.98. The van der Waals surface area contributed by atoms with Crippen molar-refractivity contribution in [3.05, 3.63) is 12.7 Å². The van der Waals surface area contributed by atoms with Crippen molar-refractivity contribution in [3.8, 4) is 0 Å². The summed E-state index contributed by atoms with van der Waals surface area (Å²) in [5.74, 6) is -4.59. The molecule has 0 spiro atoms. The van der Waals surface area contributed by atoms with Gasteiger partial charge in [-0.05, 0) is 55.8 Å². The lowest BCUT2D eigenvalue weighted by Crippen LogP contribution is -2.61. The first-order valence-corrected chi connectivity index (χ1v) is 17.9. The van der Waals surface area contributed by atoms with Crippen LogP contribution in [0.3, 0.4) is 0 Å². The molecule has 16 heteroatoms. The molecule has 1 saturated heterocycles. The van der Waals surface area contributed by atoms with E-state index in [2.05, 4.69) is 33.2 Å².